The van der Waals surface area contributed by atoms with Gasteiger partial charge in [-0.2, -0.15) is 0 Å². The van der Waals surface area contributed by atoms with E-state index in [1.54, 1.807) is 0 Å². The van der Waals surface area contributed by atoms with Gasteiger partial charge in [-0.25, -0.2) is 0 Å². The molecule has 4 nitrogen and oxygen atoms in total. The van der Waals surface area contributed by atoms with Crippen LogP contribution in [0.2, 0.25) is 0 Å². The summed E-state index contributed by atoms with van der Waals surface area (Å²) in [7, 11) is 0. The second-order valence-electron chi connectivity index (χ2n) is 3.14. The minimum absolute atomic E-state index is 0.193. The van der Waals surface area contributed by atoms with Crippen LogP contribution < -0.4 is 11.5 Å². The van der Waals surface area contributed by atoms with Gasteiger partial charge >= 0.3 is 0 Å². The molecule has 0 spiro atoms. The van der Waals surface area contributed by atoms with Gasteiger partial charge in [-0.15, -0.1) is 0 Å². The molecule has 0 aromatic heterocycles. The van der Waals surface area contributed by atoms with E-state index in [1.807, 2.05) is 13.8 Å². The molecule has 0 heterocycles. The van der Waals surface area contributed by atoms with Gasteiger partial charge < -0.3 is 11.5 Å². The van der Waals surface area contributed by atoms with Gasteiger partial charge in [-0.05, 0) is 12.8 Å². The van der Waals surface area contributed by atoms with Crippen molar-refractivity contribution in [1.29, 1.82) is 0 Å². The van der Waals surface area contributed by atoms with E-state index < -0.39 is 0 Å². The van der Waals surface area contributed by atoms with Gasteiger partial charge in [0.1, 0.15) is 0 Å². The summed E-state index contributed by atoms with van der Waals surface area (Å²) < 4.78 is 0. The SMILES string of the molecule is CCCCC(N)=O.CCCCC(N)=O. The largest absolute Gasteiger partial charge is 0.370 e. The molecule has 0 aliphatic carbocycles. The Morgan fingerprint density at radius 2 is 1.14 bits per heavy atom. The number of hydrogen-bond donors (Lipinski definition) is 2. The second kappa shape index (κ2) is 11.9. The number of unbranched alkanes of at least 4 members (excludes halogenated alkanes) is 2. The molecular formula is C10H22N2O2. The van der Waals surface area contributed by atoms with Crippen molar-refractivity contribution in [1.82, 2.24) is 0 Å². The van der Waals surface area contributed by atoms with E-state index in [0.717, 1.165) is 25.7 Å². The maximum Gasteiger partial charge on any atom is 0.217 e. The summed E-state index contributed by atoms with van der Waals surface area (Å²) in [6, 6.07) is 0. The Balaban J connectivity index is 0. The van der Waals surface area contributed by atoms with E-state index in [0.29, 0.717) is 12.8 Å². The Kier molecular flexibility index (Phi) is 13.1. The molecule has 0 atom stereocenters. The van der Waals surface area contributed by atoms with Crippen molar-refractivity contribution in [2.24, 2.45) is 11.5 Å². The minimum Gasteiger partial charge on any atom is -0.370 e. The lowest BCUT2D eigenvalue weighted by molar-refractivity contribution is -0.118. The van der Waals surface area contributed by atoms with E-state index in [2.05, 4.69) is 0 Å². The number of primary amides is 2. The van der Waals surface area contributed by atoms with Crippen molar-refractivity contribution in [3.05, 3.63) is 0 Å². The molecule has 0 rings (SSSR count). The van der Waals surface area contributed by atoms with Crippen LogP contribution in [0.4, 0.5) is 0 Å². The molecule has 0 bridgehead atoms. The fourth-order valence-electron chi connectivity index (χ4n) is 0.702. The van der Waals surface area contributed by atoms with Crippen LogP contribution in [-0.4, -0.2) is 11.8 Å². The van der Waals surface area contributed by atoms with Crippen molar-refractivity contribution < 1.29 is 9.59 Å². The van der Waals surface area contributed by atoms with Crippen molar-refractivity contribution in [2.75, 3.05) is 0 Å². The predicted molar refractivity (Wildman–Crippen MR) is 57.4 cm³/mol. The Morgan fingerprint density at radius 3 is 1.21 bits per heavy atom. The molecule has 4 N–H and O–H groups in total. The van der Waals surface area contributed by atoms with E-state index >= 15 is 0 Å². The van der Waals surface area contributed by atoms with Crippen LogP contribution in [0.3, 0.4) is 0 Å². The van der Waals surface area contributed by atoms with Gasteiger partial charge in [0.15, 0.2) is 0 Å². The molecule has 0 aliphatic rings. The Hall–Kier alpha value is -1.06. The van der Waals surface area contributed by atoms with Crippen LogP contribution in [-0.2, 0) is 9.59 Å². The number of hydrogen-bond acceptors (Lipinski definition) is 2. The third-order valence-electron chi connectivity index (χ3n) is 1.55. The average molecular weight is 202 g/mol. The zero-order chi connectivity index (χ0) is 11.4. The average Bonchev–Trinajstić information content (AvgIpc) is 2.12. The van der Waals surface area contributed by atoms with Gasteiger partial charge in [0.05, 0.1) is 0 Å². The number of amides is 2. The third-order valence-corrected chi connectivity index (χ3v) is 1.55. The summed E-state index contributed by atoms with van der Waals surface area (Å²) in [5, 5.41) is 0. The molecule has 14 heavy (non-hydrogen) atoms. The topological polar surface area (TPSA) is 86.2 Å². The van der Waals surface area contributed by atoms with Gasteiger partial charge in [-0.3, -0.25) is 9.59 Å². The molecule has 0 saturated carbocycles. The van der Waals surface area contributed by atoms with Crippen LogP contribution in [0.15, 0.2) is 0 Å². The molecule has 0 fully saturated rings. The molecule has 0 aromatic rings. The summed E-state index contributed by atoms with van der Waals surface area (Å²) >= 11 is 0. The second-order valence-corrected chi connectivity index (χ2v) is 3.14. The molecule has 0 aliphatic heterocycles. The first-order chi connectivity index (χ1) is 6.54. The fourth-order valence-corrected chi connectivity index (χ4v) is 0.702. The molecule has 0 radical (unpaired) electrons. The monoisotopic (exact) mass is 202 g/mol. The maximum absolute atomic E-state index is 9.98. The first kappa shape index (κ1) is 15.4. The highest BCUT2D eigenvalue weighted by Gasteiger charge is 1.88. The zero-order valence-corrected chi connectivity index (χ0v) is 9.21. The molecule has 0 saturated heterocycles. The molecule has 0 unspecified atom stereocenters. The van der Waals surface area contributed by atoms with Crippen LogP contribution >= 0.6 is 0 Å². The smallest absolute Gasteiger partial charge is 0.217 e. The molecule has 2 amide bonds. The van der Waals surface area contributed by atoms with Crippen LogP contribution in [0.25, 0.3) is 0 Å². The number of carbonyl (C=O) groups is 2. The summed E-state index contributed by atoms with van der Waals surface area (Å²) in [5.74, 6) is -0.385. The highest BCUT2D eigenvalue weighted by atomic mass is 16.1. The Bertz CT molecular complexity index is 140. The van der Waals surface area contributed by atoms with Gasteiger partial charge in [-0.1, -0.05) is 26.7 Å². The van der Waals surface area contributed by atoms with Gasteiger partial charge in [0.2, 0.25) is 11.8 Å². The van der Waals surface area contributed by atoms with Gasteiger partial charge in [0.25, 0.3) is 0 Å². The normalized spacial score (nSPS) is 8.71. The lowest BCUT2D eigenvalue weighted by atomic mass is 10.2. The summed E-state index contributed by atoms with van der Waals surface area (Å²) in [6.07, 6.45) is 5.02. The van der Waals surface area contributed by atoms with E-state index in [9.17, 15) is 9.59 Å². The van der Waals surface area contributed by atoms with Crippen molar-refractivity contribution >= 4 is 11.8 Å². The highest BCUT2D eigenvalue weighted by molar-refractivity contribution is 5.73. The standard InChI is InChI=1S/2C5H11NO/c2*1-2-3-4-5(6)7/h2*2-4H2,1H3,(H2,6,7). The van der Waals surface area contributed by atoms with E-state index in [4.69, 9.17) is 11.5 Å². The van der Waals surface area contributed by atoms with Crippen molar-refractivity contribution in [2.45, 2.75) is 52.4 Å². The minimum atomic E-state index is -0.193. The van der Waals surface area contributed by atoms with Gasteiger partial charge in [0, 0.05) is 12.8 Å². The number of carbonyl (C=O) groups excluding carboxylic acids is 2. The summed E-state index contributed by atoms with van der Waals surface area (Å²) in [6.45, 7) is 4.06. The highest BCUT2D eigenvalue weighted by Crippen LogP contribution is 1.90. The van der Waals surface area contributed by atoms with Crippen LogP contribution in [0.5, 0.6) is 0 Å². The van der Waals surface area contributed by atoms with Crippen molar-refractivity contribution in [3.8, 4) is 0 Å². The lowest BCUT2D eigenvalue weighted by Gasteiger charge is -1.86. The number of rotatable bonds is 6. The summed E-state index contributed by atoms with van der Waals surface area (Å²) in [4.78, 5) is 20.0. The number of nitrogens with two attached hydrogens (primary N) is 2. The first-order valence-electron chi connectivity index (χ1n) is 5.11. The Labute approximate surface area is 86.0 Å². The van der Waals surface area contributed by atoms with Crippen LogP contribution in [0, 0.1) is 0 Å². The van der Waals surface area contributed by atoms with Crippen LogP contribution in [0.1, 0.15) is 52.4 Å². The lowest BCUT2D eigenvalue weighted by Crippen LogP contribution is -2.09. The maximum atomic E-state index is 9.98. The zero-order valence-electron chi connectivity index (χ0n) is 9.21. The molecule has 0 aromatic carbocycles. The Morgan fingerprint density at radius 1 is 0.857 bits per heavy atom. The third kappa shape index (κ3) is 22.4. The predicted octanol–water partition coefficient (Wildman–Crippen LogP) is 1.32. The molecule has 4 heteroatoms. The quantitative estimate of drug-likeness (QED) is 0.680. The molecular weight excluding hydrogens is 180 g/mol. The van der Waals surface area contributed by atoms with E-state index in [-0.39, 0.29) is 11.8 Å². The fraction of sp³-hybridized carbons (Fsp3) is 0.800. The summed E-state index contributed by atoms with van der Waals surface area (Å²) in [5.41, 5.74) is 9.68. The molecule has 84 valence electrons. The first-order valence-corrected chi connectivity index (χ1v) is 5.11. The van der Waals surface area contributed by atoms with Crippen molar-refractivity contribution in [3.63, 3.8) is 0 Å². The van der Waals surface area contributed by atoms with E-state index in [1.165, 1.54) is 0 Å².